The van der Waals surface area contributed by atoms with E-state index in [9.17, 15) is 9.18 Å². The van der Waals surface area contributed by atoms with Crippen LogP contribution >= 0.6 is 11.5 Å². The van der Waals surface area contributed by atoms with E-state index in [2.05, 4.69) is 40.5 Å². The lowest BCUT2D eigenvalue weighted by atomic mass is 10.1. The van der Waals surface area contributed by atoms with Crippen molar-refractivity contribution in [2.75, 3.05) is 24.5 Å². The van der Waals surface area contributed by atoms with Crippen LogP contribution in [0.15, 0.2) is 48.5 Å². The summed E-state index contributed by atoms with van der Waals surface area (Å²) >= 11 is 1.40. The van der Waals surface area contributed by atoms with E-state index in [0.717, 1.165) is 11.0 Å². The summed E-state index contributed by atoms with van der Waals surface area (Å²) < 4.78 is 18.0. The van der Waals surface area contributed by atoms with Gasteiger partial charge in [-0.3, -0.25) is 4.79 Å². The lowest BCUT2D eigenvalue weighted by molar-refractivity contribution is 0.0673. The molecule has 2 heterocycles. The van der Waals surface area contributed by atoms with Crippen molar-refractivity contribution in [3.8, 4) is 0 Å². The molecular weight excluding hydrogens is 387 g/mol. The zero-order valence-corrected chi connectivity index (χ0v) is 17.3. The van der Waals surface area contributed by atoms with Gasteiger partial charge in [-0.05, 0) is 37.6 Å². The first-order chi connectivity index (χ1) is 14.0. The second-order valence-corrected chi connectivity index (χ2v) is 8.19. The smallest absolute Gasteiger partial charge is 0.254 e. The van der Waals surface area contributed by atoms with Crippen molar-refractivity contribution in [1.82, 2.24) is 14.3 Å². The van der Waals surface area contributed by atoms with Gasteiger partial charge >= 0.3 is 0 Å². The van der Waals surface area contributed by atoms with Gasteiger partial charge in [0, 0.05) is 49.2 Å². The SMILES string of the molecule is Cc1ccc(Cc2nsc(N3CCN(C(=O)c4cccc(F)c4)C(C)C3)n2)cc1. The molecule has 0 bridgehead atoms. The molecule has 1 aromatic heterocycles. The standard InChI is InChI=1S/C22H23FN4OS/c1-15-6-8-17(9-7-15)12-20-24-22(29-25-20)26-10-11-27(16(2)14-26)21(28)18-4-3-5-19(23)13-18/h3-9,13,16H,10-12,14H2,1-2H3. The predicted molar refractivity (Wildman–Crippen MR) is 113 cm³/mol. The van der Waals surface area contributed by atoms with Crippen LogP contribution < -0.4 is 4.90 Å². The fraction of sp³-hybridized carbons (Fsp3) is 0.318. The molecule has 1 atom stereocenters. The molecule has 7 heteroatoms. The Hall–Kier alpha value is -2.80. The molecule has 29 heavy (non-hydrogen) atoms. The molecule has 1 saturated heterocycles. The van der Waals surface area contributed by atoms with Crippen molar-refractivity contribution in [3.63, 3.8) is 0 Å². The number of carbonyl (C=O) groups excluding carboxylic acids is 1. The van der Waals surface area contributed by atoms with Gasteiger partial charge in [0.05, 0.1) is 0 Å². The zero-order chi connectivity index (χ0) is 20.4. The fourth-order valence-electron chi connectivity index (χ4n) is 3.55. The van der Waals surface area contributed by atoms with Gasteiger partial charge in [0.15, 0.2) is 0 Å². The van der Waals surface area contributed by atoms with Crippen molar-refractivity contribution in [1.29, 1.82) is 0 Å². The summed E-state index contributed by atoms with van der Waals surface area (Å²) in [6.45, 7) is 6.02. The largest absolute Gasteiger partial charge is 0.343 e. The van der Waals surface area contributed by atoms with Gasteiger partial charge in [0.25, 0.3) is 5.91 Å². The molecule has 5 nitrogen and oxygen atoms in total. The number of nitrogens with zero attached hydrogens (tertiary/aromatic N) is 4. The highest BCUT2D eigenvalue weighted by atomic mass is 32.1. The Morgan fingerprint density at radius 1 is 1.21 bits per heavy atom. The topological polar surface area (TPSA) is 49.3 Å². The number of rotatable bonds is 4. The molecule has 0 aliphatic carbocycles. The first-order valence-corrected chi connectivity index (χ1v) is 10.5. The van der Waals surface area contributed by atoms with Gasteiger partial charge in [-0.25, -0.2) is 9.37 Å². The molecule has 0 spiro atoms. The second kappa shape index (κ2) is 8.29. The van der Waals surface area contributed by atoms with Crippen molar-refractivity contribution in [2.24, 2.45) is 0 Å². The molecule has 1 fully saturated rings. The second-order valence-electron chi connectivity index (χ2n) is 7.46. The number of amides is 1. The van der Waals surface area contributed by atoms with E-state index in [1.165, 1.54) is 34.8 Å². The Balaban J connectivity index is 1.40. The quantitative estimate of drug-likeness (QED) is 0.654. The van der Waals surface area contributed by atoms with E-state index in [0.29, 0.717) is 31.6 Å². The Bertz CT molecular complexity index is 1000. The highest BCUT2D eigenvalue weighted by molar-refractivity contribution is 7.09. The third-order valence-corrected chi connectivity index (χ3v) is 5.99. The van der Waals surface area contributed by atoms with Crippen molar-refractivity contribution >= 4 is 22.6 Å². The number of hydrogen-bond acceptors (Lipinski definition) is 5. The van der Waals surface area contributed by atoms with E-state index < -0.39 is 5.82 Å². The number of aromatic nitrogens is 2. The van der Waals surface area contributed by atoms with Crippen LogP contribution in [0.25, 0.3) is 0 Å². The summed E-state index contributed by atoms with van der Waals surface area (Å²) in [7, 11) is 0. The third kappa shape index (κ3) is 4.45. The molecule has 1 amide bonds. The van der Waals surface area contributed by atoms with Crippen molar-refractivity contribution in [2.45, 2.75) is 26.3 Å². The maximum Gasteiger partial charge on any atom is 0.254 e. The summed E-state index contributed by atoms with van der Waals surface area (Å²) in [5.41, 5.74) is 2.82. The minimum atomic E-state index is -0.392. The van der Waals surface area contributed by atoms with Crippen LogP contribution in [-0.4, -0.2) is 45.8 Å². The number of halogens is 1. The monoisotopic (exact) mass is 410 g/mol. The first kappa shape index (κ1) is 19.5. The van der Waals surface area contributed by atoms with Crippen molar-refractivity contribution in [3.05, 3.63) is 76.9 Å². The van der Waals surface area contributed by atoms with Crippen LogP contribution in [0.5, 0.6) is 0 Å². The van der Waals surface area contributed by atoms with E-state index in [1.807, 2.05) is 6.92 Å². The van der Waals surface area contributed by atoms with Crippen LogP contribution in [0.1, 0.15) is 34.2 Å². The lowest BCUT2D eigenvalue weighted by Gasteiger charge is -2.39. The molecule has 1 aliphatic heterocycles. The summed E-state index contributed by atoms with van der Waals surface area (Å²) in [5, 5.41) is 0.886. The lowest BCUT2D eigenvalue weighted by Crippen LogP contribution is -2.54. The molecule has 2 aromatic carbocycles. The van der Waals surface area contributed by atoms with E-state index >= 15 is 0 Å². The third-order valence-electron chi connectivity index (χ3n) is 5.17. The molecule has 4 rings (SSSR count). The molecular formula is C22H23FN4OS. The van der Waals surface area contributed by atoms with Gasteiger partial charge in [0.2, 0.25) is 5.13 Å². The van der Waals surface area contributed by atoms with E-state index in [-0.39, 0.29) is 11.9 Å². The van der Waals surface area contributed by atoms with Crippen molar-refractivity contribution < 1.29 is 9.18 Å². The zero-order valence-electron chi connectivity index (χ0n) is 16.5. The number of hydrogen-bond donors (Lipinski definition) is 0. The van der Waals surface area contributed by atoms with Crippen LogP contribution in [-0.2, 0) is 6.42 Å². The number of carbonyl (C=O) groups is 1. The van der Waals surface area contributed by atoms with Crippen LogP contribution in [0.2, 0.25) is 0 Å². The summed E-state index contributed by atoms with van der Waals surface area (Å²) in [6.07, 6.45) is 0.713. The van der Waals surface area contributed by atoms with Gasteiger partial charge in [-0.2, -0.15) is 4.37 Å². The Labute approximate surface area is 174 Å². The molecule has 0 radical (unpaired) electrons. The van der Waals surface area contributed by atoms with Crippen LogP contribution in [0, 0.1) is 12.7 Å². The Morgan fingerprint density at radius 2 is 2.00 bits per heavy atom. The molecule has 1 aliphatic rings. The Morgan fingerprint density at radius 3 is 2.72 bits per heavy atom. The van der Waals surface area contributed by atoms with Crippen LogP contribution in [0.3, 0.4) is 0 Å². The first-order valence-electron chi connectivity index (χ1n) is 9.69. The number of piperazine rings is 1. The number of aryl methyl sites for hydroxylation is 1. The molecule has 0 saturated carbocycles. The number of benzene rings is 2. The van der Waals surface area contributed by atoms with Gasteiger partial charge in [0.1, 0.15) is 11.6 Å². The highest BCUT2D eigenvalue weighted by Gasteiger charge is 2.29. The average molecular weight is 411 g/mol. The highest BCUT2D eigenvalue weighted by Crippen LogP contribution is 2.23. The van der Waals surface area contributed by atoms with Gasteiger partial charge in [-0.1, -0.05) is 35.9 Å². The molecule has 150 valence electrons. The maximum atomic E-state index is 13.5. The minimum absolute atomic E-state index is 0.00367. The van der Waals surface area contributed by atoms with E-state index in [1.54, 1.807) is 17.0 Å². The predicted octanol–water partition coefficient (Wildman–Crippen LogP) is 3.93. The van der Waals surface area contributed by atoms with Gasteiger partial charge in [-0.15, -0.1) is 0 Å². The molecule has 1 unspecified atom stereocenters. The van der Waals surface area contributed by atoms with E-state index in [4.69, 9.17) is 4.98 Å². The maximum absolute atomic E-state index is 13.5. The van der Waals surface area contributed by atoms with Gasteiger partial charge < -0.3 is 9.80 Å². The van der Waals surface area contributed by atoms with Crippen LogP contribution in [0.4, 0.5) is 9.52 Å². The number of anilines is 1. The summed E-state index contributed by atoms with van der Waals surface area (Å²) in [4.78, 5) is 21.4. The minimum Gasteiger partial charge on any atom is -0.343 e. The Kier molecular flexibility index (Phi) is 5.58. The normalized spacial score (nSPS) is 16.9. The molecule has 0 N–H and O–H groups in total. The fourth-order valence-corrected chi connectivity index (χ4v) is 4.27. The summed E-state index contributed by atoms with van der Waals surface area (Å²) in [5.74, 6) is 0.297. The average Bonchev–Trinajstić information content (AvgIpc) is 3.18. The molecule has 3 aromatic rings. The summed E-state index contributed by atoms with van der Waals surface area (Å²) in [6, 6.07) is 14.3.